The molecule has 1 aromatic carbocycles. The summed E-state index contributed by atoms with van der Waals surface area (Å²) in [7, 11) is 3.31. The van der Waals surface area contributed by atoms with E-state index in [4.69, 9.17) is 14.5 Å². The van der Waals surface area contributed by atoms with E-state index in [0.717, 1.165) is 54.4 Å². The second kappa shape index (κ2) is 7.91. The molecule has 1 saturated heterocycles. The van der Waals surface area contributed by atoms with Crippen molar-refractivity contribution in [1.82, 2.24) is 9.88 Å². The zero-order valence-corrected chi connectivity index (χ0v) is 15.8. The fraction of sp³-hybridized carbons (Fsp3) is 0.550. The number of hydrogen-bond donors (Lipinski definition) is 0. The highest BCUT2D eigenvalue weighted by molar-refractivity contribution is 5.84. The Hall–Kier alpha value is -2.01. The van der Waals surface area contributed by atoms with Gasteiger partial charge in [0.1, 0.15) is 5.82 Å². The predicted octanol–water partition coefficient (Wildman–Crippen LogP) is 3.56. The first-order valence-corrected chi connectivity index (χ1v) is 9.21. The lowest BCUT2D eigenvalue weighted by Crippen LogP contribution is -2.50. The highest BCUT2D eigenvalue weighted by Crippen LogP contribution is 2.32. The van der Waals surface area contributed by atoms with Gasteiger partial charge in [-0.3, -0.25) is 4.90 Å². The van der Waals surface area contributed by atoms with Crippen molar-refractivity contribution >= 4 is 16.7 Å². The molecular formula is C20H29N3O2. The molecule has 0 atom stereocenters. The smallest absolute Gasteiger partial charge is 0.162 e. The Labute approximate surface area is 150 Å². The molecule has 5 nitrogen and oxygen atoms in total. The van der Waals surface area contributed by atoms with Crippen molar-refractivity contribution in [3.63, 3.8) is 0 Å². The van der Waals surface area contributed by atoms with Crippen LogP contribution in [0.2, 0.25) is 0 Å². The summed E-state index contributed by atoms with van der Waals surface area (Å²) in [5, 5.41) is 1.07. The van der Waals surface area contributed by atoms with Crippen LogP contribution in [0, 0.1) is 0 Å². The van der Waals surface area contributed by atoms with Crippen molar-refractivity contribution in [3.8, 4) is 11.5 Å². The Morgan fingerprint density at radius 3 is 2.20 bits per heavy atom. The lowest BCUT2D eigenvalue weighted by Gasteiger charge is -2.39. The third kappa shape index (κ3) is 3.66. The van der Waals surface area contributed by atoms with Gasteiger partial charge in [0.05, 0.1) is 19.7 Å². The first-order valence-electron chi connectivity index (χ1n) is 9.21. The maximum absolute atomic E-state index is 5.41. The molecule has 0 aliphatic carbocycles. The van der Waals surface area contributed by atoms with Gasteiger partial charge < -0.3 is 14.4 Å². The van der Waals surface area contributed by atoms with E-state index >= 15 is 0 Å². The molecule has 0 spiro atoms. The summed E-state index contributed by atoms with van der Waals surface area (Å²) in [4.78, 5) is 9.87. The van der Waals surface area contributed by atoms with Gasteiger partial charge in [0.2, 0.25) is 0 Å². The number of anilines is 1. The minimum atomic E-state index is 0.712. The van der Waals surface area contributed by atoms with Crippen molar-refractivity contribution in [2.24, 2.45) is 0 Å². The van der Waals surface area contributed by atoms with Gasteiger partial charge in [-0.25, -0.2) is 4.98 Å². The van der Waals surface area contributed by atoms with Gasteiger partial charge in [-0.05, 0) is 31.0 Å². The van der Waals surface area contributed by atoms with Crippen LogP contribution in [0.1, 0.15) is 26.7 Å². The molecule has 0 amide bonds. The molecule has 25 heavy (non-hydrogen) atoms. The number of piperazine rings is 1. The molecule has 0 unspecified atom stereocenters. The van der Waals surface area contributed by atoms with Crippen LogP contribution in [0.25, 0.3) is 10.9 Å². The minimum absolute atomic E-state index is 0.712. The molecule has 1 fully saturated rings. The van der Waals surface area contributed by atoms with E-state index in [-0.39, 0.29) is 0 Å². The first-order chi connectivity index (χ1) is 12.2. The maximum atomic E-state index is 5.41. The van der Waals surface area contributed by atoms with E-state index in [1.165, 1.54) is 12.8 Å². The van der Waals surface area contributed by atoms with E-state index in [0.29, 0.717) is 6.04 Å². The van der Waals surface area contributed by atoms with E-state index in [9.17, 15) is 0 Å². The van der Waals surface area contributed by atoms with E-state index < -0.39 is 0 Å². The van der Waals surface area contributed by atoms with Crippen molar-refractivity contribution in [1.29, 1.82) is 0 Å². The lowest BCUT2D eigenvalue weighted by molar-refractivity contribution is 0.175. The zero-order chi connectivity index (χ0) is 17.8. The van der Waals surface area contributed by atoms with Crippen molar-refractivity contribution in [2.45, 2.75) is 32.7 Å². The third-order valence-corrected chi connectivity index (χ3v) is 5.28. The number of benzene rings is 1. The van der Waals surface area contributed by atoms with Gasteiger partial charge in [-0.15, -0.1) is 0 Å². The Morgan fingerprint density at radius 1 is 0.960 bits per heavy atom. The number of rotatable bonds is 6. The molecule has 1 aromatic heterocycles. The van der Waals surface area contributed by atoms with Gasteiger partial charge >= 0.3 is 0 Å². The summed E-state index contributed by atoms with van der Waals surface area (Å²) >= 11 is 0. The molecule has 0 radical (unpaired) electrons. The van der Waals surface area contributed by atoms with Crippen LogP contribution >= 0.6 is 0 Å². The molecule has 1 aliphatic rings. The zero-order valence-electron chi connectivity index (χ0n) is 15.8. The summed E-state index contributed by atoms with van der Waals surface area (Å²) in [6, 6.07) is 8.88. The van der Waals surface area contributed by atoms with Crippen LogP contribution in [0.3, 0.4) is 0 Å². The molecule has 5 heteroatoms. The fourth-order valence-electron chi connectivity index (χ4n) is 3.74. The standard InChI is InChI=1S/C20H29N3O2/c1-5-16(6-2)22-9-11-23(12-10-22)20-8-7-15-13-18(24-3)19(25-4)14-17(15)21-20/h7-8,13-14,16H,5-6,9-12H2,1-4H3. The summed E-state index contributed by atoms with van der Waals surface area (Å²) < 4.78 is 10.8. The molecule has 1 aliphatic heterocycles. The largest absolute Gasteiger partial charge is 0.493 e. The molecule has 0 bridgehead atoms. The van der Waals surface area contributed by atoms with E-state index in [1.54, 1.807) is 14.2 Å². The van der Waals surface area contributed by atoms with Crippen LogP contribution in [-0.4, -0.2) is 56.3 Å². The normalized spacial score (nSPS) is 15.8. The summed E-state index contributed by atoms with van der Waals surface area (Å²) in [6.07, 6.45) is 2.46. The van der Waals surface area contributed by atoms with Gasteiger partial charge in [0, 0.05) is 43.7 Å². The first kappa shape index (κ1) is 17.8. The number of nitrogens with zero attached hydrogens (tertiary/aromatic N) is 3. The molecule has 3 rings (SSSR count). The Bertz CT molecular complexity index is 707. The molecule has 136 valence electrons. The molecule has 2 heterocycles. The van der Waals surface area contributed by atoms with Crippen molar-refractivity contribution in [3.05, 3.63) is 24.3 Å². The molecule has 0 N–H and O–H groups in total. The molecular weight excluding hydrogens is 314 g/mol. The Morgan fingerprint density at radius 2 is 1.60 bits per heavy atom. The maximum Gasteiger partial charge on any atom is 0.162 e. The quantitative estimate of drug-likeness (QED) is 0.802. The fourth-order valence-corrected chi connectivity index (χ4v) is 3.74. The second-order valence-corrected chi connectivity index (χ2v) is 6.56. The van der Waals surface area contributed by atoms with Gasteiger partial charge in [0.15, 0.2) is 11.5 Å². The average Bonchev–Trinajstić information content (AvgIpc) is 2.68. The highest BCUT2D eigenvalue weighted by Gasteiger charge is 2.22. The summed E-state index contributed by atoms with van der Waals surface area (Å²) in [5.74, 6) is 2.51. The molecule has 0 saturated carbocycles. The minimum Gasteiger partial charge on any atom is -0.493 e. The van der Waals surface area contributed by atoms with Crippen LogP contribution in [0.4, 0.5) is 5.82 Å². The van der Waals surface area contributed by atoms with Crippen LogP contribution in [0.15, 0.2) is 24.3 Å². The number of pyridine rings is 1. The van der Waals surface area contributed by atoms with Crippen molar-refractivity contribution in [2.75, 3.05) is 45.3 Å². The number of ether oxygens (including phenoxy) is 2. The summed E-state index contributed by atoms with van der Waals surface area (Å²) in [6.45, 7) is 8.85. The predicted molar refractivity (Wildman–Crippen MR) is 103 cm³/mol. The van der Waals surface area contributed by atoms with Crippen molar-refractivity contribution < 1.29 is 9.47 Å². The highest BCUT2D eigenvalue weighted by atomic mass is 16.5. The molecule has 2 aromatic rings. The Kier molecular flexibility index (Phi) is 5.63. The summed E-state index contributed by atoms with van der Waals surface area (Å²) in [5.41, 5.74) is 0.942. The monoisotopic (exact) mass is 343 g/mol. The van der Waals surface area contributed by atoms with E-state index in [1.807, 2.05) is 12.1 Å². The van der Waals surface area contributed by atoms with Crippen LogP contribution in [0.5, 0.6) is 11.5 Å². The topological polar surface area (TPSA) is 37.8 Å². The third-order valence-electron chi connectivity index (χ3n) is 5.28. The number of fused-ring (bicyclic) bond motifs is 1. The van der Waals surface area contributed by atoms with Gasteiger partial charge in [-0.1, -0.05) is 13.8 Å². The number of hydrogen-bond acceptors (Lipinski definition) is 5. The second-order valence-electron chi connectivity index (χ2n) is 6.56. The van der Waals surface area contributed by atoms with E-state index in [2.05, 4.69) is 35.8 Å². The number of aromatic nitrogens is 1. The van der Waals surface area contributed by atoms with Gasteiger partial charge in [0.25, 0.3) is 0 Å². The van der Waals surface area contributed by atoms with Crippen LogP contribution < -0.4 is 14.4 Å². The van der Waals surface area contributed by atoms with Crippen LogP contribution in [-0.2, 0) is 0 Å². The Balaban J connectivity index is 1.78. The SMILES string of the molecule is CCC(CC)N1CCN(c2ccc3cc(OC)c(OC)cc3n2)CC1. The van der Waals surface area contributed by atoms with Gasteiger partial charge in [-0.2, -0.15) is 0 Å². The number of methoxy groups -OCH3 is 2. The lowest BCUT2D eigenvalue weighted by atomic mass is 10.1. The average molecular weight is 343 g/mol.